The van der Waals surface area contributed by atoms with Gasteiger partial charge in [0.25, 0.3) is 0 Å². The molecule has 1 N–H and O–H groups in total. The maximum absolute atomic E-state index is 14.2. The van der Waals surface area contributed by atoms with Crippen molar-refractivity contribution in [1.29, 1.82) is 0 Å². The molecular weight excluding hydrogens is 322 g/mol. The van der Waals surface area contributed by atoms with Gasteiger partial charge in [0.1, 0.15) is 11.4 Å². The number of terminal acetylenes is 1. The number of methoxy groups -OCH3 is 1. The quantitative estimate of drug-likeness (QED) is 0.815. The minimum absolute atomic E-state index is 0.172. The molecule has 0 radical (unpaired) electrons. The third-order valence-electron chi connectivity index (χ3n) is 7.28. The van der Waals surface area contributed by atoms with E-state index < -0.39 is 17.4 Å². The van der Waals surface area contributed by atoms with Crippen LogP contribution in [-0.4, -0.2) is 24.2 Å². The molecule has 3 aliphatic carbocycles. The first kappa shape index (κ1) is 16.8. The lowest BCUT2D eigenvalue weighted by Gasteiger charge is -2.53. The molecule has 2 fully saturated rings. The molecule has 0 amide bonds. The molecule has 0 spiro atoms. The number of fused-ring (bicyclic) bond motifs is 5. The molecule has 134 valence electrons. The van der Waals surface area contributed by atoms with E-state index in [1.807, 2.05) is 6.07 Å². The third kappa shape index (κ3) is 2.11. The number of rotatable bonds is 2. The van der Waals surface area contributed by atoms with Crippen LogP contribution in [0.4, 0.5) is 8.78 Å². The first-order valence-electron chi connectivity index (χ1n) is 9.12. The fraction of sp³-hybridized carbons (Fsp3) is 0.619. The summed E-state index contributed by atoms with van der Waals surface area (Å²) in [5.41, 5.74) is -0.560. The Balaban J connectivity index is 1.73. The standard InChI is InChI=1S/C21H24F2O2/c1-3-20(24)10-9-18-17-6-4-13-12-14(25-2)5-7-15(13)16(17)8-11-21(18,20)19(22)23/h1,5,7,12,16-19,24H,4,6,8-11H2,2H3/t16-,17-,18+,20+,21+/m1/s1. The van der Waals surface area contributed by atoms with Crippen molar-refractivity contribution in [2.24, 2.45) is 17.3 Å². The Morgan fingerprint density at radius 1 is 1.28 bits per heavy atom. The molecule has 1 aromatic carbocycles. The zero-order valence-corrected chi connectivity index (χ0v) is 14.5. The molecule has 0 unspecified atom stereocenters. The lowest BCUT2D eigenvalue weighted by molar-refractivity contribution is -0.162. The van der Waals surface area contributed by atoms with E-state index in [0.29, 0.717) is 19.3 Å². The van der Waals surface area contributed by atoms with Crippen molar-refractivity contribution in [1.82, 2.24) is 0 Å². The Kier molecular flexibility index (Phi) is 3.85. The molecule has 1 aromatic rings. The van der Waals surface area contributed by atoms with Gasteiger partial charge in [-0.3, -0.25) is 0 Å². The van der Waals surface area contributed by atoms with Crippen molar-refractivity contribution in [2.75, 3.05) is 7.11 Å². The van der Waals surface area contributed by atoms with E-state index in [9.17, 15) is 13.9 Å². The third-order valence-corrected chi connectivity index (χ3v) is 7.28. The maximum atomic E-state index is 14.2. The van der Waals surface area contributed by atoms with Gasteiger partial charge in [0, 0.05) is 0 Å². The van der Waals surface area contributed by atoms with Gasteiger partial charge in [-0.15, -0.1) is 6.42 Å². The molecule has 5 atom stereocenters. The predicted molar refractivity (Wildman–Crippen MR) is 91.7 cm³/mol. The number of aryl methyl sites for hydroxylation is 1. The summed E-state index contributed by atoms with van der Waals surface area (Å²) in [5.74, 6) is 3.45. The molecule has 25 heavy (non-hydrogen) atoms. The lowest BCUT2D eigenvalue weighted by atomic mass is 9.52. The number of hydrogen-bond donors (Lipinski definition) is 1. The molecule has 4 rings (SSSR count). The number of alkyl halides is 2. The van der Waals surface area contributed by atoms with Crippen molar-refractivity contribution in [3.63, 3.8) is 0 Å². The van der Waals surface area contributed by atoms with Crippen LogP contribution in [0.15, 0.2) is 18.2 Å². The van der Waals surface area contributed by atoms with Gasteiger partial charge in [-0.05, 0) is 79.5 Å². The molecule has 0 saturated heterocycles. The molecule has 2 saturated carbocycles. The molecule has 0 bridgehead atoms. The van der Waals surface area contributed by atoms with E-state index in [4.69, 9.17) is 11.2 Å². The average Bonchev–Trinajstić information content (AvgIpc) is 2.95. The van der Waals surface area contributed by atoms with Crippen molar-refractivity contribution in [2.45, 2.75) is 56.5 Å². The molecule has 0 aromatic heterocycles. The molecule has 0 heterocycles. The second-order valence-electron chi connectivity index (χ2n) is 7.90. The minimum atomic E-state index is -2.58. The van der Waals surface area contributed by atoms with E-state index in [1.54, 1.807) is 7.11 Å². The van der Waals surface area contributed by atoms with Crippen LogP contribution in [0.5, 0.6) is 5.75 Å². The molecule has 4 heteroatoms. The summed E-state index contributed by atoms with van der Waals surface area (Å²) in [6, 6.07) is 6.14. The van der Waals surface area contributed by atoms with Gasteiger partial charge in [-0.1, -0.05) is 12.0 Å². The second kappa shape index (κ2) is 5.71. The summed E-state index contributed by atoms with van der Waals surface area (Å²) >= 11 is 0. The summed E-state index contributed by atoms with van der Waals surface area (Å²) in [4.78, 5) is 0. The minimum Gasteiger partial charge on any atom is -0.497 e. The van der Waals surface area contributed by atoms with Gasteiger partial charge in [-0.2, -0.15) is 0 Å². The van der Waals surface area contributed by atoms with Gasteiger partial charge >= 0.3 is 0 Å². The number of hydrogen-bond acceptors (Lipinski definition) is 2. The van der Waals surface area contributed by atoms with E-state index in [0.717, 1.165) is 18.6 Å². The zero-order chi connectivity index (χ0) is 17.8. The Morgan fingerprint density at radius 2 is 2.08 bits per heavy atom. The SMILES string of the molecule is C#C[C@]1(O)CC[C@H]2[C@@H]3CCc4cc(OC)ccc4[C@H]3CC[C@@]21C(F)F. The monoisotopic (exact) mass is 346 g/mol. The second-order valence-corrected chi connectivity index (χ2v) is 7.90. The van der Waals surface area contributed by atoms with Crippen molar-refractivity contribution in [3.05, 3.63) is 29.3 Å². The Hall–Kier alpha value is -1.60. The Morgan fingerprint density at radius 3 is 2.76 bits per heavy atom. The topological polar surface area (TPSA) is 29.5 Å². The predicted octanol–water partition coefficient (Wildman–Crippen LogP) is 4.16. The number of halogens is 2. The summed E-state index contributed by atoms with van der Waals surface area (Å²) in [5, 5.41) is 10.8. The van der Waals surface area contributed by atoms with Crippen LogP contribution in [0.25, 0.3) is 0 Å². The summed E-state index contributed by atoms with van der Waals surface area (Å²) in [6.07, 6.45) is 6.54. The number of ether oxygens (including phenoxy) is 1. The fourth-order valence-corrected chi connectivity index (χ4v) is 6.09. The fourth-order valence-electron chi connectivity index (χ4n) is 6.09. The number of benzene rings is 1. The lowest BCUT2D eigenvalue weighted by Crippen LogP contribution is -2.56. The van der Waals surface area contributed by atoms with Crippen LogP contribution in [0, 0.1) is 29.6 Å². The first-order valence-corrected chi connectivity index (χ1v) is 9.12. The van der Waals surface area contributed by atoms with Gasteiger partial charge in [0.05, 0.1) is 12.5 Å². The van der Waals surface area contributed by atoms with E-state index >= 15 is 0 Å². The summed E-state index contributed by atoms with van der Waals surface area (Å²) < 4.78 is 33.8. The molecular formula is C21H24F2O2. The normalized spacial score (nSPS) is 39.3. The van der Waals surface area contributed by atoms with Crippen LogP contribution < -0.4 is 4.74 Å². The summed E-state index contributed by atoms with van der Waals surface area (Å²) in [6.45, 7) is 0. The Bertz CT molecular complexity index is 725. The van der Waals surface area contributed by atoms with Crippen LogP contribution >= 0.6 is 0 Å². The first-order chi connectivity index (χ1) is 12.0. The molecule has 2 nitrogen and oxygen atoms in total. The zero-order valence-electron chi connectivity index (χ0n) is 14.5. The van der Waals surface area contributed by atoms with Gasteiger partial charge in [-0.25, -0.2) is 8.78 Å². The van der Waals surface area contributed by atoms with Gasteiger partial charge in [0.15, 0.2) is 0 Å². The highest BCUT2D eigenvalue weighted by Gasteiger charge is 2.68. The highest BCUT2D eigenvalue weighted by Crippen LogP contribution is 2.66. The van der Waals surface area contributed by atoms with E-state index in [1.165, 1.54) is 11.1 Å². The smallest absolute Gasteiger partial charge is 0.248 e. The molecule has 0 aliphatic heterocycles. The highest BCUT2D eigenvalue weighted by molar-refractivity contribution is 5.41. The van der Waals surface area contributed by atoms with Crippen molar-refractivity contribution < 1.29 is 18.6 Å². The van der Waals surface area contributed by atoms with Crippen LogP contribution in [0.1, 0.15) is 49.1 Å². The van der Waals surface area contributed by atoms with Crippen molar-refractivity contribution in [3.8, 4) is 18.1 Å². The van der Waals surface area contributed by atoms with Crippen LogP contribution in [0.2, 0.25) is 0 Å². The maximum Gasteiger partial charge on any atom is 0.248 e. The Labute approximate surface area is 147 Å². The largest absolute Gasteiger partial charge is 0.497 e. The highest BCUT2D eigenvalue weighted by atomic mass is 19.3. The van der Waals surface area contributed by atoms with E-state index in [-0.39, 0.29) is 24.2 Å². The number of aliphatic hydroxyl groups is 1. The molecule has 3 aliphatic rings. The van der Waals surface area contributed by atoms with Gasteiger partial charge < -0.3 is 9.84 Å². The summed E-state index contributed by atoms with van der Waals surface area (Å²) in [7, 11) is 1.66. The van der Waals surface area contributed by atoms with Gasteiger partial charge in [0.2, 0.25) is 6.43 Å². The van der Waals surface area contributed by atoms with Crippen molar-refractivity contribution >= 4 is 0 Å². The van der Waals surface area contributed by atoms with Crippen LogP contribution in [-0.2, 0) is 6.42 Å². The van der Waals surface area contributed by atoms with E-state index in [2.05, 4.69) is 18.1 Å². The van der Waals surface area contributed by atoms with Crippen LogP contribution in [0.3, 0.4) is 0 Å². The average molecular weight is 346 g/mol.